The summed E-state index contributed by atoms with van der Waals surface area (Å²) >= 11 is 0. The van der Waals surface area contributed by atoms with E-state index < -0.39 is 0 Å². The Kier molecular flexibility index (Phi) is 4.62. The van der Waals surface area contributed by atoms with Gasteiger partial charge in [-0.1, -0.05) is 6.42 Å². The van der Waals surface area contributed by atoms with Crippen molar-refractivity contribution in [3.8, 4) is 0 Å². The van der Waals surface area contributed by atoms with E-state index in [0.29, 0.717) is 12.1 Å². The van der Waals surface area contributed by atoms with Crippen LogP contribution in [0.3, 0.4) is 0 Å². The smallest absolute Gasteiger partial charge is 0.237 e. The minimum atomic E-state index is -0.0840. The number of piperidine rings is 1. The molecule has 1 amide bonds. The number of rotatable bonds is 4. The molecule has 0 radical (unpaired) electrons. The molecule has 2 fully saturated rings. The summed E-state index contributed by atoms with van der Waals surface area (Å²) in [7, 11) is 0. The summed E-state index contributed by atoms with van der Waals surface area (Å²) in [5.74, 6) is 0.124. The Bertz CT molecular complexity index is 293. The third-order valence-corrected chi connectivity index (χ3v) is 4.14. The molecule has 104 valence electrons. The molecule has 18 heavy (non-hydrogen) atoms. The molecule has 2 saturated heterocycles. The summed E-state index contributed by atoms with van der Waals surface area (Å²) < 4.78 is 0. The second kappa shape index (κ2) is 6.02. The average Bonchev–Trinajstić information content (AvgIpc) is 2.72. The van der Waals surface area contributed by atoms with Crippen molar-refractivity contribution in [2.24, 2.45) is 0 Å². The first-order valence-corrected chi connectivity index (χ1v) is 7.38. The first kappa shape index (κ1) is 13.8. The molecule has 2 aliphatic rings. The molecule has 0 saturated carbocycles. The van der Waals surface area contributed by atoms with Gasteiger partial charge in [0.2, 0.25) is 5.91 Å². The van der Waals surface area contributed by atoms with Gasteiger partial charge in [-0.15, -0.1) is 0 Å². The standard InChI is InChI=1S/C14H27N3O/c1-10(2)15-14(18)11(3)16-12-7-9-17-8-5-4-6-13(12)17/h10-13,16H,4-9H2,1-3H3,(H,15,18). The van der Waals surface area contributed by atoms with Crippen LogP contribution in [0.25, 0.3) is 0 Å². The molecule has 0 aliphatic carbocycles. The van der Waals surface area contributed by atoms with Gasteiger partial charge in [-0.05, 0) is 46.6 Å². The first-order chi connectivity index (χ1) is 8.58. The molecule has 0 aromatic heterocycles. The third-order valence-electron chi connectivity index (χ3n) is 4.14. The van der Waals surface area contributed by atoms with Gasteiger partial charge < -0.3 is 10.6 Å². The zero-order valence-corrected chi connectivity index (χ0v) is 11.9. The van der Waals surface area contributed by atoms with E-state index in [4.69, 9.17) is 0 Å². The molecule has 2 heterocycles. The molecule has 4 heteroatoms. The van der Waals surface area contributed by atoms with Crippen LogP contribution < -0.4 is 10.6 Å². The van der Waals surface area contributed by atoms with Crippen molar-refractivity contribution in [2.75, 3.05) is 13.1 Å². The van der Waals surface area contributed by atoms with E-state index >= 15 is 0 Å². The highest BCUT2D eigenvalue weighted by Gasteiger charge is 2.36. The zero-order chi connectivity index (χ0) is 13.1. The molecule has 2 N–H and O–H groups in total. The summed E-state index contributed by atoms with van der Waals surface area (Å²) in [6, 6.07) is 1.29. The quantitative estimate of drug-likeness (QED) is 0.789. The van der Waals surface area contributed by atoms with Gasteiger partial charge in [0.05, 0.1) is 6.04 Å². The summed E-state index contributed by atoms with van der Waals surface area (Å²) in [5.41, 5.74) is 0. The number of hydrogen-bond donors (Lipinski definition) is 2. The number of carbonyl (C=O) groups is 1. The lowest BCUT2D eigenvalue weighted by molar-refractivity contribution is -0.123. The fraction of sp³-hybridized carbons (Fsp3) is 0.929. The number of carbonyl (C=O) groups excluding carboxylic acids is 1. The topological polar surface area (TPSA) is 44.4 Å². The maximum atomic E-state index is 11.9. The number of fused-ring (bicyclic) bond motifs is 1. The van der Waals surface area contributed by atoms with E-state index in [9.17, 15) is 4.79 Å². The predicted molar refractivity (Wildman–Crippen MR) is 73.5 cm³/mol. The van der Waals surface area contributed by atoms with Gasteiger partial charge in [-0.2, -0.15) is 0 Å². The lowest BCUT2D eigenvalue weighted by Crippen LogP contribution is -2.52. The molecule has 2 aliphatic heterocycles. The van der Waals surface area contributed by atoms with E-state index in [2.05, 4.69) is 15.5 Å². The molecule has 0 spiro atoms. The number of amides is 1. The highest BCUT2D eigenvalue weighted by molar-refractivity contribution is 5.81. The van der Waals surface area contributed by atoms with E-state index in [1.165, 1.54) is 38.8 Å². The Morgan fingerprint density at radius 3 is 2.67 bits per heavy atom. The van der Waals surface area contributed by atoms with E-state index in [-0.39, 0.29) is 18.0 Å². The van der Waals surface area contributed by atoms with Crippen LogP contribution in [0.5, 0.6) is 0 Å². The largest absolute Gasteiger partial charge is 0.353 e. The molecule has 4 nitrogen and oxygen atoms in total. The van der Waals surface area contributed by atoms with Gasteiger partial charge in [0, 0.05) is 24.7 Å². The van der Waals surface area contributed by atoms with Crippen molar-refractivity contribution in [1.82, 2.24) is 15.5 Å². The van der Waals surface area contributed by atoms with Gasteiger partial charge in [-0.3, -0.25) is 9.69 Å². The second-order valence-electron chi connectivity index (χ2n) is 6.05. The van der Waals surface area contributed by atoms with E-state index in [1.54, 1.807) is 0 Å². The first-order valence-electron chi connectivity index (χ1n) is 7.38. The Hall–Kier alpha value is -0.610. The van der Waals surface area contributed by atoms with Crippen LogP contribution in [-0.4, -0.2) is 48.1 Å². The normalized spacial score (nSPS) is 30.2. The zero-order valence-electron chi connectivity index (χ0n) is 11.9. The molecule has 3 unspecified atom stereocenters. The maximum Gasteiger partial charge on any atom is 0.237 e. The lowest BCUT2D eigenvalue weighted by Gasteiger charge is -2.33. The molecule has 0 aromatic carbocycles. The SMILES string of the molecule is CC(C)NC(=O)C(C)NC1CCN2CCCCC12. The fourth-order valence-corrected chi connectivity index (χ4v) is 3.25. The summed E-state index contributed by atoms with van der Waals surface area (Å²) in [5, 5.41) is 6.50. The van der Waals surface area contributed by atoms with Crippen LogP contribution >= 0.6 is 0 Å². The Morgan fingerprint density at radius 2 is 1.94 bits per heavy atom. The Morgan fingerprint density at radius 1 is 1.17 bits per heavy atom. The van der Waals surface area contributed by atoms with Crippen molar-refractivity contribution in [2.45, 2.75) is 70.6 Å². The summed E-state index contributed by atoms with van der Waals surface area (Å²) in [6.45, 7) is 8.42. The molecule has 0 bridgehead atoms. The van der Waals surface area contributed by atoms with E-state index in [1.807, 2.05) is 20.8 Å². The average molecular weight is 253 g/mol. The molecule has 2 rings (SSSR count). The highest BCUT2D eigenvalue weighted by atomic mass is 16.2. The Balaban J connectivity index is 1.83. The lowest BCUT2D eigenvalue weighted by atomic mass is 9.98. The van der Waals surface area contributed by atoms with Crippen molar-refractivity contribution in [1.29, 1.82) is 0 Å². The van der Waals surface area contributed by atoms with Crippen molar-refractivity contribution in [3.05, 3.63) is 0 Å². The van der Waals surface area contributed by atoms with E-state index in [0.717, 1.165) is 0 Å². The van der Waals surface area contributed by atoms with Crippen molar-refractivity contribution >= 4 is 5.91 Å². The van der Waals surface area contributed by atoms with Gasteiger partial charge in [0.15, 0.2) is 0 Å². The van der Waals surface area contributed by atoms with Crippen LogP contribution in [0, 0.1) is 0 Å². The highest BCUT2D eigenvalue weighted by Crippen LogP contribution is 2.27. The van der Waals surface area contributed by atoms with Crippen molar-refractivity contribution in [3.63, 3.8) is 0 Å². The minimum absolute atomic E-state index is 0.0840. The van der Waals surface area contributed by atoms with Gasteiger partial charge in [-0.25, -0.2) is 0 Å². The number of nitrogens with zero attached hydrogens (tertiary/aromatic N) is 1. The van der Waals surface area contributed by atoms with Gasteiger partial charge >= 0.3 is 0 Å². The number of nitrogens with one attached hydrogen (secondary N) is 2. The summed E-state index contributed by atoms with van der Waals surface area (Å²) in [4.78, 5) is 14.5. The Labute approximate surface area is 110 Å². The summed E-state index contributed by atoms with van der Waals surface area (Å²) in [6.07, 6.45) is 5.15. The maximum absolute atomic E-state index is 11.9. The third kappa shape index (κ3) is 3.23. The van der Waals surface area contributed by atoms with Crippen LogP contribution in [0.4, 0.5) is 0 Å². The predicted octanol–water partition coefficient (Wildman–Crippen LogP) is 1.12. The number of hydrogen-bond acceptors (Lipinski definition) is 3. The second-order valence-corrected chi connectivity index (χ2v) is 6.05. The molecular weight excluding hydrogens is 226 g/mol. The fourth-order valence-electron chi connectivity index (χ4n) is 3.25. The van der Waals surface area contributed by atoms with Crippen molar-refractivity contribution < 1.29 is 4.79 Å². The van der Waals surface area contributed by atoms with Crippen LogP contribution in [0.1, 0.15) is 46.5 Å². The van der Waals surface area contributed by atoms with Gasteiger partial charge in [0.1, 0.15) is 0 Å². The van der Waals surface area contributed by atoms with Crippen LogP contribution in [-0.2, 0) is 4.79 Å². The van der Waals surface area contributed by atoms with Crippen LogP contribution in [0.2, 0.25) is 0 Å². The van der Waals surface area contributed by atoms with Gasteiger partial charge in [0.25, 0.3) is 0 Å². The molecule has 0 aromatic rings. The molecule has 3 atom stereocenters. The van der Waals surface area contributed by atoms with Crippen LogP contribution in [0.15, 0.2) is 0 Å². The monoisotopic (exact) mass is 253 g/mol. The minimum Gasteiger partial charge on any atom is -0.353 e. The molecular formula is C14H27N3O.